The predicted molar refractivity (Wildman–Crippen MR) is 80.9 cm³/mol. The number of carbonyl (C=O) groups excluding carboxylic acids is 1. The van der Waals surface area contributed by atoms with Gasteiger partial charge in [-0.1, -0.05) is 26.2 Å². The number of rotatable bonds is 7. The lowest BCUT2D eigenvalue weighted by Gasteiger charge is -2.27. The molecule has 5 nitrogen and oxygen atoms in total. The van der Waals surface area contributed by atoms with Crippen LogP contribution in [-0.2, 0) is 14.8 Å². The van der Waals surface area contributed by atoms with E-state index < -0.39 is 10.0 Å². The summed E-state index contributed by atoms with van der Waals surface area (Å²) in [5.41, 5.74) is 0. The summed E-state index contributed by atoms with van der Waals surface area (Å²) in [6.45, 7) is 4.09. The Labute approximate surface area is 123 Å². The third-order valence-electron chi connectivity index (χ3n) is 4.04. The highest BCUT2D eigenvalue weighted by molar-refractivity contribution is 7.88. The summed E-state index contributed by atoms with van der Waals surface area (Å²) in [7, 11) is -3.25. The molecule has 0 heterocycles. The van der Waals surface area contributed by atoms with E-state index in [9.17, 15) is 13.2 Å². The molecule has 0 spiro atoms. The van der Waals surface area contributed by atoms with Crippen LogP contribution in [-0.4, -0.2) is 43.5 Å². The van der Waals surface area contributed by atoms with Crippen molar-refractivity contribution in [2.45, 2.75) is 70.9 Å². The van der Waals surface area contributed by atoms with Gasteiger partial charge in [-0.2, -0.15) is 4.31 Å². The molecule has 0 saturated heterocycles. The quantitative estimate of drug-likeness (QED) is 0.781. The van der Waals surface area contributed by atoms with Crippen molar-refractivity contribution in [2.75, 3.05) is 12.8 Å². The normalized spacial score (nSPS) is 19.0. The fourth-order valence-corrected chi connectivity index (χ4v) is 3.90. The van der Waals surface area contributed by atoms with Crippen molar-refractivity contribution in [2.24, 2.45) is 0 Å². The Bertz CT molecular complexity index is 403. The van der Waals surface area contributed by atoms with Crippen molar-refractivity contribution in [3.05, 3.63) is 0 Å². The summed E-state index contributed by atoms with van der Waals surface area (Å²) >= 11 is 0. The van der Waals surface area contributed by atoms with E-state index in [1.165, 1.54) is 29.8 Å². The van der Waals surface area contributed by atoms with E-state index in [0.29, 0.717) is 0 Å². The fraction of sp³-hybridized carbons (Fsp3) is 0.929. The van der Waals surface area contributed by atoms with Crippen LogP contribution in [0.4, 0.5) is 0 Å². The average molecular weight is 304 g/mol. The molecular formula is C14H28N2O3S. The molecule has 1 aliphatic carbocycles. The third-order valence-corrected chi connectivity index (χ3v) is 5.43. The minimum atomic E-state index is -3.25. The Morgan fingerprint density at radius 2 is 1.90 bits per heavy atom. The van der Waals surface area contributed by atoms with Gasteiger partial charge in [0.1, 0.15) is 0 Å². The lowest BCUT2D eigenvalue weighted by Crippen LogP contribution is -2.42. The summed E-state index contributed by atoms with van der Waals surface area (Å²) in [6.07, 6.45) is 7.89. The van der Waals surface area contributed by atoms with Gasteiger partial charge >= 0.3 is 0 Å². The van der Waals surface area contributed by atoms with Crippen molar-refractivity contribution in [1.29, 1.82) is 0 Å². The third kappa shape index (κ3) is 5.79. The standard InChI is InChI=1S/C14H28N2O3S/c1-4-12(2)16(20(3,18)19)11-10-14(17)15-13-8-6-5-7-9-13/h12-13H,4-11H2,1-3H3,(H,15,17). The van der Waals surface area contributed by atoms with E-state index in [-0.39, 0.29) is 31.0 Å². The van der Waals surface area contributed by atoms with Crippen molar-refractivity contribution in [3.63, 3.8) is 0 Å². The molecule has 0 aromatic heterocycles. The lowest BCUT2D eigenvalue weighted by atomic mass is 9.95. The molecule has 1 N–H and O–H groups in total. The van der Waals surface area contributed by atoms with Crippen LogP contribution in [0.15, 0.2) is 0 Å². The van der Waals surface area contributed by atoms with Gasteiger partial charge in [0.15, 0.2) is 0 Å². The van der Waals surface area contributed by atoms with Gasteiger partial charge in [0, 0.05) is 25.0 Å². The van der Waals surface area contributed by atoms with Gasteiger partial charge in [0.25, 0.3) is 0 Å². The second kappa shape index (κ2) is 7.98. The van der Waals surface area contributed by atoms with Gasteiger partial charge in [-0.05, 0) is 26.2 Å². The van der Waals surface area contributed by atoms with Crippen LogP contribution in [0.2, 0.25) is 0 Å². The molecule has 20 heavy (non-hydrogen) atoms. The van der Waals surface area contributed by atoms with Crippen LogP contribution in [0.5, 0.6) is 0 Å². The van der Waals surface area contributed by atoms with E-state index in [4.69, 9.17) is 0 Å². The molecule has 0 aromatic carbocycles. The van der Waals surface area contributed by atoms with Gasteiger partial charge < -0.3 is 5.32 Å². The highest BCUT2D eigenvalue weighted by Crippen LogP contribution is 2.17. The monoisotopic (exact) mass is 304 g/mol. The molecule has 1 aliphatic rings. The molecule has 0 bridgehead atoms. The fourth-order valence-electron chi connectivity index (χ4n) is 2.68. The Morgan fingerprint density at radius 3 is 2.40 bits per heavy atom. The molecule has 1 unspecified atom stereocenters. The number of hydrogen-bond acceptors (Lipinski definition) is 3. The molecule has 0 aromatic rings. The molecule has 118 valence electrons. The van der Waals surface area contributed by atoms with Crippen molar-refractivity contribution in [3.8, 4) is 0 Å². The van der Waals surface area contributed by atoms with Crippen LogP contribution in [0.25, 0.3) is 0 Å². The van der Waals surface area contributed by atoms with E-state index >= 15 is 0 Å². The summed E-state index contributed by atoms with van der Waals surface area (Å²) < 4.78 is 24.9. The van der Waals surface area contributed by atoms with Crippen molar-refractivity contribution >= 4 is 15.9 Å². The van der Waals surface area contributed by atoms with Gasteiger partial charge in [-0.3, -0.25) is 4.79 Å². The maximum absolute atomic E-state index is 11.9. The second-order valence-corrected chi connectivity index (χ2v) is 7.72. The molecule has 1 amide bonds. The predicted octanol–water partition coefficient (Wildman–Crippen LogP) is 1.89. The van der Waals surface area contributed by atoms with E-state index in [0.717, 1.165) is 19.3 Å². The summed E-state index contributed by atoms with van der Waals surface area (Å²) in [6, 6.07) is 0.221. The summed E-state index contributed by atoms with van der Waals surface area (Å²) in [5.74, 6) is -0.0335. The maximum atomic E-state index is 11.9. The zero-order chi connectivity index (χ0) is 15.2. The van der Waals surface area contributed by atoms with Gasteiger partial charge in [-0.25, -0.2) is 8.42 Å². The van der Waals surface area contributed by atoms with Crippen LogP contribution in [0.3, 0.4) is 0 Å². The molecule has 1 saturated carbocycles. The van der Waals surface area contributed by atoms with Crippen molar-refractivity contribution < 1.29 is 13.2 Å². The number of amides is 1. The van der Waals surface area contributed by atoms with Crippen LogP contribution < -0.4 is 5.32 Å². The second-order valence-electron chi connectivity index (χ2n) is 5.78. The molecule has 1 fully saturated rings. The number of nitrogens with zero attached hydrogens (tertiary/aromatic N) is 1. The minimum absolute atomic E-state index is 0.0335. The first-order valence-corrected chi connectivity index (χ1v) is 9.45. The molecule has 1 atom stereocenters. The van der Waals surface area contributed by atoms with Crippen LogP contribution in [0, 0.1) is 0 Å². The van der Waals surface area contributed by atoms with E-state index in [2.05, 4.69) is 5.32 Å². The maximum Gasteiger partial charge on any atom is 0.221 e. The van der Waals surface area contributed by atoms with E-state index in [1.807, 2.05) is 13.8 Å². The van der Waals surface area contributed by atoms with Crippen LogP contribution >= 0.6 is 0 Å². The zero-order valence-corrected chi connectivity index (χ0v) is 13.7. The first-order chi connectivity index (χ1) is 9.34. The Morgan fingerprint density at radius 1 is 1.30 bits per heavy atom. The number of nitrogens with one attached hydrogen (secondary N) is 1. The highest BCUT2D eigenvalue weighted by Gasteiger charge is 2.23. The summed E-state index contributed by atoms with van der Waals surface area (Å²) in [4.78, 5) is 11.9. The molecule has 0 radical (unpaired) electrons. The number of sulfonamides is 1. The average Bonchev–Trinajstić information content (AvgIpc) is 2.38. The lowest BCUT2D eigenvalue weighted by molar-refractivity contribution is -0.122. The van der Waals surface area contributed by atoms with Crippen LogP contribution in [0.1, 0.15) is 58.8 Å². The smallest absolute Gasteiger partial charge is 0.221 e. The highest BCUT2D eigenvalue weighted by atomic mass is 32.2. The minimum Gasteiger partial charge on any atom is -0.353 e. The van der Waals surface area contributed by atoms with Gasteiger partial charge in [0.05, 0.1) is 6.26 Å². The Balaban J connectivity index is 2.44. The SMILES string of the molecule is CCC(C)N(CCC(=O)NC1CCCCC1)S(C)(=O)=O. The summed E-state index contributed by atoms with van der Waals surface area (Å²) in [5, 5.41) is 3.02. The van der Waals surface area contributed by atoms with Crippen molar-refractivity contribution in [1.82, 2.24) is 9.62 Å². The molecule has 1 rings (SSSR count). The molecule has 0 aliphatic heterocycles. The number of hydrogen-bond donors (Lipinski definition) is 1. The van der Waals surface area contributed by atoms with Gasteiger partial charge in [-0.15, -0.1) is 0 Å². The van der Waals surface area contributed by atoms with Gasteiger partial charge in [0.2, 0.25) is 15.9 Å². The molecule has 6 heteroatoms. The Kier molecular flexibility index (Phi) is 6.95. The van der Waals surface area contributed by atoms with E-state index in [1.54, 1.807) is 0 Å². The first-order valence-electron chi connectivity index (χ1n) is 7.60. The number of carbonyl (C=O) groups is 1. The topological polar surface area (TPSA) is 66.5 Å². The first kappa shape index (κ1) is 17.4. The largest absolute Gasteiger partial charge is 0.353 e. The molecular weight excluding hydrogens is 276 g/mol. The zero-order valence-electron chi connectivity index (χ0n) is 12.9. The Hall–Kier alpha value is -0.620.